The summed E-state index contributed by atoms with van der Waals surface area (Å²) in [6.45, 7) is 0. The van der Waals surface area contributed by atoms with Crippen LogP contribution in [0.15, 0.2) is 53.9 Å². The SMILES string of the molecule is COc1ccc([C@H]2C(C#N)=C(N)Oc3cccc(O)c32)cc1. The summed E-state index contributed by atoms with van der Waals surface area (Å²) in [7, 11) is 1.59. The Bertz CT molecular complexity index is 789. The number of nitrogens with zero attached hydrogens (tertiary/aromatic N) is 1. The van der Waals surface area contributed by atoms with Crippen LogP contribution in [-0.4, -0.2) is 12.2 Å². The van der Waals surface area contributed by atoms with E-state index in [1.54, 1.807) is 37.4 Å². The number of phenols is 1. The molecule has 3 rings (SSSR count). The highest BCUT2D eigenvalue weighted by atomic mass is 16.5. The predicted molar refractivity (Wildman–Crippen MR) is 80.4 cm³/mol. The molecule has 1 aliphatic heterocycles. The molecule has 0 spiro atoms. The molecule has 0 fully saturated rings. The lowest BCUT2D eigenvalue weighted by Gasteiger charge is -2.27. The minimum atomic E-state index is -0.471. The predicted octanol–water partition coefficient (Wildman–Crippen LogP) is 2.62. The van der Waals surface area contributed by atoms with Gasteiger partial charge < -0.3 is 20.3 Å². The van der Waals surface area contributed by atoms with E-state index in [9.17, 15) is 10.4 Å². The molecular formula is C17H14N2O3. The normalized spacial score (nSPS) is 16.5. The van der Waals surface area contributed by atoms with Gasteiger partial charge in [0.25, 0.3) is 0 Å². The third kappa shape index (κ3) is 2.11. The van der Waals surface area contributed by atoms with Crippen LogP contribution in [0.3, 0.4) is 0 Å². The van der Waals surface area contributed by atoms with Crippen LogP contribution in [0.4, 0.5) is 0 Å². The third-order valence-electron chi connectivity index (χ3n) is 3.68. The van der Waals surface area contributed by atoms with Crippen LogP contribution >= 0.6 is 0 Å². The molecule has 0 aromatic heterocycles. The van der Waals surface area contributed by atoms with Crippen molar-refractivity contribution in [2.24, 2.45) is 5.73 Å². The molecule has 0 amide bonds. The van der Waals surface area contributed by atoms with Gasteiger partial charge in [-0.3, -0.25) is 0 Å². The number of methoxy groups -OCH3 is 1. The van der Waals surface area contributed by atoms with Gasteiger partial charge in [0, 0.05) is 5.56 Å². The molecule has 2 aromatic carbocycles. The van der Waals surface area contributed by atoms with E-state index in [4.69, 9.17) is 15.2 Å². The van der Waals surface area contributed by atoms with Crippen molar-refractivity contribution in [3.05, 3.63) is 65.0 Å². The van der Waals surface area contributed by atoms with E-state index >= 15 is 0 Å². The van der Waals surface area contributed by atoms with Crippen molar-refractivity contribution in [2.75, 3.05) is 7.11 Å². The fraction of sp³-hybridized carbons (Fsp3) is 0.118. The molecule has 0 saturated carbocycles. The van der Waals surface area contributed by atoms with Gasteiger partial charge in [-0.25, -0.2) is 0 Å². The van der Waals surface area contributed by atoms with Crippen molar-refractivity contribution < 1.29 is 14.6 Å². The van der Waals surface area contributed by atoms with E-state index in [2.05, 4.69) is 6.07 Å². The number of phenolic OH excluding ortho intramolecular Hbond substituents is 1. The smallest absolute Gasteiger partial charge is 0.205 e. The van der Waals surface area contributed by atoms with Gasteiger partial charge in [-0.05, 0) is 29.8 Å². The first kappa shape index (κ1) is 13.8. The highest BCUT2D eigenvalue weighted by Gasteiger charge is 2.32. The summed E-state index contributed by atoms with van der Waals surface area (Å²) in [5.41, 5.74) is 7.51. The molecule has 0 aliphatic carbocycles. The van der Waals surface area contributed by atoms with Crippen LogP contribution in [-0.2, 0) is 0 Å². The summed E-state index contributed by atoms with van der Waals surface area (Å²) in [4.78, 5) is 0. The summed E-state index contributed by atoms with van der Waals surface area (Å²) in [6, 6.07) is 14.3. The number of hydrogen-bond donors (Lipinski definition) is 2. The Morgan fingerprint density at radius 2 is 1.95 bits per heavy atom. The molecule has 0 bridgehead atoms. The average Bonchev–Trinajstić information content (AvgIpc) is 2.54. The van der Waals surface area contributed by atoms with Crippen LogP contribution in [0.25, 0.3) is 0 Å². The molecule has 22 heavy (non-hydrogen) atoms. The van der Waals surface area contributed by atoms with E-state index in [0.717, 1.165) is 5.56 Å². The summed E-state index contributed by atoms with van der Waals surface area (Å²) in [5.74, 6) is 0.821. The lowest BCUT2D eigenvalue weighted by Crippen LogP contribution is -2.21. The Balaban J connectivity index is 2.20. The number of rotatable bonds is 2. The summed E-state index contributed by atoms with van der Waals surface area (Å²) >= 11 is 0. The second-order valence-corrected chi connectivity index (χ2v) is 4.89. The summed E-state index contributed by atoms with van der Waals surface area (Å²) < 4.78 is 10.6. The molecule has 1 aliphatic rings. The Hall–Kier alpha value is -3.13. The summed E-state index contributed by atoms with van der Waals surface area (Å²) in [5, 5.41) is 19.6. The van der Waals surface area contributed by atoms with Crippen LogP contribution in [0.1, 0.15) is 17.0 Å². The largest absolute Gasteiger partial charge is 0.507 e. The van der Waals surface area contributed by atoms with Gasteiger partial charge in [0.15, 0.2) is 0 Å². The standard InChI is InChI=1S/C17H14N2O3/c1-21-11-7-5-10(6-8-11)15-12(9-18)17(19)22-14-4-2-3-13(20)16(14)15/h2-8,15,20H,19H2,1H3/t15-/m0/s1. The number of allylic oxidation sites excluding steroid dienone is 1. The Labute approximate surface area is 127 Å². The number of nitriles is 1. The minimum absolute atomic E-state index is 0.0569. The second kappa shape index (κ2) is 5.34. The monoisotopic (exact) mass is 294 g/mol. The maximum absolute atomic E-state index is 10.2. The fourth-order valence-corrected chi connectivity index (χ4v) is 2.62. The van der Waals surface area contributed by atoms with Gasteiger partial charge in [-0.2, -0.15) is 5.26 Å². The van der Waals surface area contributed by atoms with Crippen molar-refractivity contribution in [3.8, 4) is 23.3 Å². The van der Waals surface area contributed by atoms with Crippen molar-refractivity contribution in [2.45, 2.75) is 5.92 Å². The molecule has 0 saturated heterocycles. The van der Waals surface area contributed by atoms with E-state index in [1.807, 2.05) is 12.1 Å². The van der Waals surface area contributed by atoms with Gasteiger partial charge in [-0.1, -0.05) is 18.2 Å². The number of aromatic hydroxyl groups is 1. The molecule has 0 radical (unpaired) electrons. The average molecular weight is 294 g/mol. The van der Waals surface area contributed by atoms with Crippen LogP contribution < -0.4 is 15.2 Å². The molecule has 5 heteroatoms. The second-order valence-electron chi connectivity index (χ2n) is 4.89. The first-order valence-corrected chi connectivity index (χ1v) is 6.69. The number of benzene rings is 2. The highest BCUT2D eigenvalue weighted by Crippen LogP contribution is 2.46. The molecule has 1 atom stereocenters. The number of ether oxygens (including phenoxy) is 2. The molecule has 1 heterocycles. The maximum Gasteiger partial charge on any atom is 0.205 e. The third-order valence-corrected chi connectivity index (χ3v) is 3.68. The molecule has 5 nitrogen and oxygen atoms in total. The lowest BCUT2D eigenvalue weighted by atomic mass is 9.83. The van der Waals surface area contributed by atoms with Crippen molar-refractivity contribution in [3.63, 3.8) is 0 Å². The van der Waals surface area contributed by atoms with Gasteiger partial charge in [0.1, 0.15) is 28.9 Å². The van der Waals surface area contributed by atoms with E-state index in [0.29, 0.717) is 17.1 Å². The van der Waals surface area contributed by atoms with Crippen molar-refractivity contribution in [1.82, 2.24) is 0 Å². The van der Waals surface area contributed by atoms with Crippen molar-refractivity contribution >= 4 is 0 Å². The quantitative estimate of drug-likeness (QED) is 0.888. The Morgan fingerprint density at radius 3 is 2.59 bits per heavy atom. The van der Waals surface area contributed by atoms with Gasteiger partial charge in [0.2, 0.25) is 5.88 Å². The zero-order chi connectivity index (χ0) is 15.7. The topological polar surface area (TPSA) is 88.5 Å². The fourth-order valence-electron chi connectivity index (χ4n) is 2.62. The van der Waals surface area contributed by atoms with E-state index < -0.39 is 5.92 Å². The molecule has 0 unspecified atom stereocenters. The molecule has 3 N–H and O–H groups in total. The summed E-state index contributed by atoms with van der Waals surface area (Å²) in [6.07, 6.45) is 0. The number of hydrogen-bond acceptors (Lipinski definition) is 5. The van der Waals surface area contributed by atoms with Gasteiger partial charge >= 0.3 is 0 Å². The Kier molecular flexibility index (Phi) is 3.36. The zero-order valence-corrected chi connectivity index (χ0v) is 11.9. The molecule has 110 valence electrons. The van der Waals surface area contributed by atoms with Crippen LogP contribution in [0, 0.1) is 11.3 Å². The van der Waals surface area contributed by atoms with Crippen LogP contribution in [0.5, 0.6) is 17.2 Å². The first-order chi connectivity index (χ1) is 10.7. The number of fused-ring (bicyclic) bond motifs is 1. The lowest BCUT2D eigenvalue weighted by molar-refractivity contribution is 0.382. The van der Waals surface area contributed by atoms with E-state index in [1.165, 1.54) is 0 Å². The minimum Gasteiger partial charge on any atom is -0.507 e. The van der Waals surface area contributed by atoms with Crippen LogP contribution in [0.2, 0.25) is 0 Å². The molecule has 2 aromatic rings. The zero-order valence-electron chi connectivity index (χ0n) is 11.9. The van der Waals surface area contributed by atoms with Gasteiger partial charge in [0.05, 0.1) is 13.0 Å². The first-order valence-electron chi connectivity index (χ1n) is 6.69. The number of nitrogens with two attached hydrogens (primary N) is 1. The highest BCUT2D eigenvalue weighted by molar-refractivity contribution is 5.60. The maximum atomic E-state index is 10.2. The van der Waals surface area contributed by atoms with Gasteiger partial charge in [-0.15, -0.1) is 0 Å². The van der Waals surface area contributed by atoms with E-state index in [-0.39, 0.29) is 17.2 Å². The molecular weight excluding hydrogens is 280 g/mol. The van der Waals surface area contributed by atoms with Crippen molar-refractivity contribution in [1.29, 1.82) is 5.26 Å². The Morgan fingerprint density at radius 1 is 1.23 bits per heavy atom.